The Labute approximate surface area is 76.7 Å². The molecule has 3 heteroatoms. The summed E-state index contributed by atoms with van der Waals surface area (Å²) in [6.45, 7) is 8.18. The van der Waals surface area contributed by atoms with Crippen LogP contribution in [0.3, 0.4) is 0 Å². The van der Waals surface area contributed by atoms with Crippen molar-refractivity contribution >= 4 is 9.73 Å². The Kier molecular flexibility index (Phi) is 4.83. The summed E-state index contributed by atoms with van der Waals surface area (Å²) in [4.78, 5) is 0. The molecule has 0 radical (unpaired) electrons. The minimum atomic E-state index is -2.29. The lowest BCUT2D eigenvalue weighted by Gasteiger charge is -2.13. The van der Waals surface area contributed by atoms with Crippen LogP contribution in [0.15, 0.2) is 0 Å². The SMILES string of the molecule is CCC(C)CS(=N)(=O)CC(C)C. The van der Waals surface area contributed by atoms with Gasteiger partial charge in [0.15, 0.2) is 0 Å². The van der Waals surface area contributed by atoms with Crippen molar-refractivity contribution in [1.29, 1.82) is 4.78 Å². The fourth-order valence-electron chi connectivity index (χ4n) is 1.18. The minimum absolute atomic E-state index is 0.374. The van der Waals surface area contributed by atoms with Crippen molar-refractivity contribution in [2.24, 2.45) is 11.8 Å². The van der Waals surface area contributed by atoms with Crippen LogP contribution < -0.4 is 0 Å². The van der Waals surface area contributed by atoms with Crippen molar-refractivity contribution in [2.75, 3.05) is 11.5 Å². The van der Waals surface area contributed by atoms with E-state index in [4.69, 9.17) is 4.78 Å². The van der Waals surface area contributed by atoms with Crippen LogP contribution in [0.4, 0.5) is 0 Å². The average Bonchev–Trinajstić information content (AvgIpc) is 1.83. The topological polar surface area (TPSA) is 40.9 Å². The van der Waals surface area contributed by atoms with Gasteiger partial charge in [0.2, 0.25) is 0 Å². The molecule has 0 aliphatic heterocycles. The van der Waals surface area contributed by atoms with Crippen LogP contribution in [0.25, 0.3) is 0 Å². The molecule has 12 heavy (non-hydrogen) atoms. The first-order chi connectivity index (χ1) is 5.37. The molecular formula is C9H21NOS. The smallest absolute Gasteiger partial charge is 0.0446 e. The summed E-state index contributed by atoms with van der Waals surface area (Å²) in [6, 6.07) is 0. The quantitative estimate of drug-likeness (QED) is 0.713. The third-order valence-electron chi connectivity index (χ3n) is 1.85. The van der Waals surface area contributed by atoms with Crippen LogP contribution in [-0.2, 0) is 9.73 Å². The first kappa shape index (κ1) is 11.9. The molecule has 0 aromatic carbocycles. The highest BCUT2D eigenvalue weighted by Gasteiger charge is 2.12. The lowest BCUT2D eigenvalue weighted by atomic mass is 10.2. The van der Waals surface area contributed by atoms with Gasteiger partial charge in [0.25, 0.3) is 0 Å². The van der Waals surface area contributed by atoms with E-state index in [0.717, 1.165) is 6.42 Å². The summed E-state index contributed by atoms with van der Waals surface area (Å²) >= 11 is 0. The van der Waals surface area contributed by atoms with Crippen LogP contribution in [-0.4, -0.2) is 15.7 Å². The molecule has 74 valence electrons. The number of nitrogens with one attached hydrogen (secondary N) is 1. The van der Waals surface area contributed by atoms with E-state index in [2.05, 4.69) is 13.8 Å². The average molecular weight is 191 g/mol. The van der Waals surface area contributed by atoms with Gasteiger partial charge in [0.1, 0.15) is 0 Å². The van der Waals surface area contributed by atoms with Crippen LogP contribution in [0.5, 0.6) is 0 Å². The summed E-state index contributed by atoms with van der Waals surface area (Å²) in [5, 5.41) is 0. The molecule has 0 saturated heterocycles. The molecule has 1 N–H and O–H groups in total. The van der Waals surface area contributed by atoms with Crippen molar-refractivity contribution in [3.05, 3.63) is 0 Å². The summed E-state index contributed by atoms with van der Waals surface area (Å²) in [5.74, 6) is 1.92. The van der Waals surface area contributed by atoms with Crippen LogP contribution in [0, 0.1) is 16.6 Å². The van der Waals surface area contributed by atoms with Crippen molar-refractivity contribution in [3.63, 3.8) is 0 Å². The van der Waals surface area contributed by atoms with Gasteiger partial charge in [-0.15, -0.1) is 0 Å². The van der Waals surface area contributed by atoms with Crippen LogP contribution >= 0.6 is 0 Å². The molecule has 0 saturated carbocycles. The maximum atomic E-state index is 11.6. The number of rotatable bonds is 5. The fraction of sp³-hybridized carbons (Fsp3) is 1.00. The van der Waals surface area contributed by atoms with Crippen molar-refractivity contribution < 1.29 is 4.21 Å². The van der Waals surface area contributed by atoms with Crippen molar-refractivity contribution in [1.82, 2.24) is 0 Å². The molecule has 2 nitrogen and oxygen atoms in total. The Morgan fingerprint density at radius 2 is 1.75 bits per heavy atom. The molecule has 0 aromatic heterocycles. The molecule has 0 heterocycles. The molecule has 0 fully saturated rings. The standard InChI is InChI=1S/C9H21NOS/c1-5-9(4)7-12(10,11)6-8(2)3/h8-10H,5-7H2,1-4H3. The lowest BCUT2D eigenvalue weighted by molar-refractivity contribution is 0.602. The van der Waals surface area contributed by atoms with Crippen LogP contribution in [0.2, 0.25) is 0 Å². The highest BCUT2D eigenvalue weighted by Crippen LogP contribution is 2.09. The highest BCUT2D eigenvalue weighted by molar-refractivity contribution is 7.92. The Hall–Kier alpha value is -0.0500. The number of hydrogen-bond acceptors (Lipinski definition) is 2. The molecule has 0 rings (SSSR count). The van der Waals surface area contributed by atoms with E-state index in [-0.39, 0.29) is 0 Å². The van der Waals surface area contributed by atoms with Gasteiger partial charge >= 0.3 is 0 Å². The Balaban J connectivity index is 4.05. The van der Waals surface area contributed by atoms with E-state index in [0.29, 0.717) is 23.3 Å². The molecule has 0 spiro atoms. The van der Waals surface area contributed by atoms with Gasteiger partial charge in [-0.2, -0.15) is 0 Å². The summed E-state index contributed by atoms with van der Waals surface area (Å²) in [6.07, 6.45) is 1.02. The minimum Gasteiger partial charge on any atom is -0.253 e. The highest BCUT2D eigenvalue weighted by atomic mass is 32.2. The van der Waals surface area contributed by atoms with Gasteiger partial charge < -0.3 is 0 Å². The van der Waals surface area contributed by atoms with Gasteiger partial charge in [-0.25, -0.2) is 4.21 Å². The second-order valence-corrected chi connectivity index (χ2v) is 6.34. The Bertz CT molecular complexity index is 207. The monoisotopic (exact) mass is 191 g/mol. The van der Waals surface area contributed by atoms with Crippen molar-refractivity contribution in [2.45, 2.75) is 34.1 Å². The third-order valence-corrected chi connectivity index (χ3v) is 4.17. The maximum absolute atomic E-state index is 11.6. The molecule has 0 aliphatic carbocycles. The van der Waals surface area contributed by atoms with Gasteiger partial charge in [0, 0.05) is 21.2 Å². The van der Waals surface area contributed by atoms with E-state index in [1.165, 1.54) is 0 Å². The predicted molar refractivity (Wildman–Crippen MR) is 54.9 cm³/mol. The normalized spacial score (nSPS) is 19.1. The van der Waals surface area contributed by atoms with E-state index < -0.39 is 9.73 Å². The first-order valence-electron chi connectivity index (χ1n) is 4.61. The number of hydrogen-bond donors (Lipinski definition) is 1. The lowest BCUT2D eigenvalue weighted by Crippen LogP contribution is -2.18. The largest absolute Gasteiger partial charge is 0.253 e. The molecule has 2 unspecified atom stereocenters. The Morgan fingerprint density at radius 1 is 1.25 bits per heavy atom. The summed E-state index contributed by atoms with van der Waals surface area (Å²) < 4.78 is 19.3. The van der Waals surface area contributed by atoms with Gasteiger partial charge in [0.05, 0.1) is 0 Å². The zero-order valence-electron chi connectivity index (χ0n) is 8.59. The molecule has 0 aliphatic rings. The maximum Gasteiger partial charge on any atom is 0.0446 e. The fourth-order valence-corrected chi connectivity index (χ4v) is 3.55. The van der Waals surface area contributed by atoms with E-state index >= 15 is 0 Å². The predicted octanol–water partition coefficient (Wildman–Crippen LogP) is 2.74. The third kappa shape index (κ3) is 5.58. The zero-order chi connectivity index (χ0) is 9.78. The molecular weight excluding hydrogens is 170 g/mol. The first-order valence-corrected chi connectivity index (χ1v) is 6.51. The Morgan fingerprint density at radius 3 is 2.08 bits per heavy atom. The second-order valence-electron chi connectivity index (χ2n) is 4.05. The molecule has 0 aromatic rings. The van der Waals surface area contributed by atoms with E-state index in [9.17, 15) is 4.21 Å². The van der Waals surface area contributed by atoms with Crippen molar-refractivity contribution in [3.8, 4) is 0 Å². The molecule has 2 atom stereocenters. The summed E-state index contributed by atoms with van der Waals surface area (Å²) in [7, 11) is -2.29. The van der Waals surface area contributed by atoms with E-state index in [1.807, 2.05) is 13.8 Å². The summed E-state index contributed by atoms with van der Waals surface area (Å²) in [5.41, 5.74) is 0. The molecule has 0 amide bonds. The van der Waals surface area contributed by atoms with Gasteiger partial charge in [-0.1, -0.05) is 34.1 Å². The second kappa shape index (κ2) is 4.85. The van der Waals surface area contributed by atoms with Gasteiger partial charge in [-0.05, 0) is 11.8 Å². The zero-order valence-corrected chi connectivity index (χ0v) is 9.41. The van der Waals surface area contributed by atoms with Crippen LogP contribution in [0.1, 0.15) is 34.1 Å². The molecule has 0 bridgehead atoms. The van der Waals surface area contributed by atoms with Gasteiger partial charge in [-0.3, -0.25) is 4.78 Å². The van der Waals surface area contributed by atoms with E-state index in [1.54, 1.807) is 0 Å².